The lowest BCUT2D eigenvalue weighted by molar-refractivity contribution is -0.160. The molecular formula is C11H20O3. The Morgan fingerprint density at radius 1 is 1.50 bits per heavy atom. The van der Waals surface area contributed by atoms with Crippen molar-refractivity contribution in [2.75, 3.05) is 6.61 Å². The molecule has 2 atom stereocenters. The van der Waals surface area contributed by atoms with Crippen LogP contribution in [0, 0.1) is 11.3 Å². The Balaban J connectivity index is 2.95. The normalized spacial score (nSPS) is 37.2. The largest absolute Gasteiger partial charge is 0.396 e. The van der Waals surface area contributed by atoms with Gasteiger partial charge in [-0.15, -0.1) is 0 Å². The molecule has 14 heavy (non-hydrogen) atoms. The molecule has 82 valence electrons. The van der Waals surface area contributed by atoms with Gasteiger partial charge in [0.2, 0.25) is 0 Å². The van der Waals surface area contributed by atoms with E-state index in [2.05, 4.69) is 0 Å². The van der Waals surface area contributed by atoms with Crippen LogP contribution in [0.15, 0.2) is 0 Å². The monoisotopic (exact) mass is 200 g/mol. The molecule has 1 unspecified atom stereocenters. The number of ketones is 1. The topological polar surface area (TPSA) is 57.5 Å². The van der Waals surface area contributed by atoms with Crippen molar-refractivity contribution in [1.82, 2.24) is 0 Å². The molecule has 1 rings (SSSR count). The van der Waals surface area contributed by atoms with Gasteiger partial charge in [-0.05, 0) is 5.92 Å². The third kappa shape index (κ3) is 1.71. The third-order valence-corrected chi connectivity index (χ3v) is 3.65. The highest BCUT2D eigenvalue weighted by molar-refractivity contribution is 5.80. The summed E-state index contributed by atoms with van der Waals surface area (Å²) in [7, 11) is 0. The van der Waals surface area contributed by atoms with Crippen molar-refractivity contribution in [1.29, 1.82) is 0 Å². The summed E-state index contributed by atoms with van der Waals surface area (Å²) < 4.78 is 0. The Bertz CT molecular complexity index is 235. The summed E-state index contributed by atoms with van der Waals surface area (Å²) in [6, 6.07) is 0. The first-order valence-electron chi connectivity index (χ1n) is 5.18. The molecule has 1 aliphatic rings. The van der Waals surface area contributed by atoms with Gasteiger partial charge in [0.15, 0.2) is 0 Å². The first-order valence-corrected chi connectivity index (χ1v) is 5.18. The SMILES string of the molecule is CC1CC(=O)CC(C)(C)[C@]1(O)CCO. The van der Waals surface area contributed by atoms with Crippen LogP contribution in [0.2, 0.25) is 0 Å². The van der Waals surface area contributed by atoms with Gasteiger partial charge in [0, 0.05) is 31.3 Å². The smallest absolute Gasteiger partial charge is 0.133 e. The van der Waals surface area contributed by atoms with Crippen LogP contribution in [0.5, 0.6) is 0 Å². The summed E-state index contributed by atoms with van der Waals surface area (Å²) >= 11 is 0. The fraction of sp³-hybridized carbons (Fsp3) is 0.909. The molecule has 0 aromatic heterocycles. The van der Waals surface area contributed by atoms with E-state index >= 15 is 0 Å². The number of hydrogen-bond acceptors (Lipinski definition) is 3. The molecule has 0 heterocycles. The Morgan fingerprint density at radius 2 is 2.07 bits per heavy atom. The number of aliphatic hydroxyl groups excluding tert-OH is 1. The van der Waals surface area contributed by atoms with Gasteiger partial charge < -0.3 is 10.2 Å². The first-order chi connectivity index (χ1) is 6.33. The van der Waals surface area contributed by atoms with Crippen molar-refractivity contribution < 1.29 is 15.0 Å². The van der Waals surface area contributed by atoms with Crippen LogP contribution in [0.1, 0.15) is 40.0 Å². The minimum absolute atomic E-state index is 0.0293. The lowest BCUT2D eigenvalue weighted by atomic mass is 9.59. The average Bonchev–Trinajstić information content (AvgIpc) is 2.00. The molecule has 3 heteroatoms. The molecule has 0 radical (unpaired) electrons. The maximum absolute atomic E-state index is 11.4. The molecule has 0 aliphatic heterocycles. The van der Waals surface area contributed by atoms with Gasteiger partial charge in [0.05, 0.1) is 5.60 Å². The molecule has 0 aromatic carbocycles. The zero-order valence-electron chi connectivity index (χ0n) is 9.21. The zero-order valence-corrected chi connectivity index (χ0v) is 9.21. The highest BCUT2D eigenvalue weighted by Crippen LogP contribution is 2.47. The van der Waals surface area contributed by atoms with Gasteiger partial charge in [-0.3, -0.25) is 4.79 Å². The summed E-state index contributed by atoms with van der Waals surface area (Å²) in [5, 5.41) is 19.4. The molecule has 0 bridgehead atoms. The van der Waals surface area contributed by atoms with Gasteiger partial charge in [0.1, 0.15) is 5.78 Å². The molecule has 0 spiro atoms. The van der Waals surface area contributed by atoms with E-state index < -0.39 is 11.0 Å². The van der Waals surface area contributed by atoms with E-state index in [4.69, 9.17) is 5.11 Å². The number of Topliss-reactive ketones (excluding diaryl/α,β-unsaturated/α-hetero) is 1. The van der Waals surface area contributed by atoms with Gasteiger partial charge in [-0.25, -0.2) is 0 Å². The van der Waals surface area contributed by atoms with Crippen LogP contribution < -0.4 is 0 Å². The van der Waals surface area contributed by atoms with Crippen molar-refractivity contribution in [3.63, 3.8) is 0 Å². The summed E-state index contributed by atoms with van der Waals surface area (Å²) in [6.45, 7) is 5.65. The van der Waals surface area contributed by atoms with E-state index in [0.717, 1.165) is 0 Å². The number of carbonyl (C=O) groups excluding carboxylic acids is 1. The predicted octanol–water partition coefficient (Wildman–Crippen LogP) is 1.13. The molecule has 0 saturated heterocycles. The molecule has 2 N–H and O–H groups in total. The van der Waals surface area contributed by atoms with E-state index in [0.29, 0.717) is 19.3 Å². The highest BCUT2D eigenvalue weighted by Gasteiger charge is 2.51. The van der Waals surface area contributed by atoms with Gasteiger partial charge >= 0.3 is 0 Å². The Kier molecular flexibility index (Phi) is 3.02. The van der Waals surface area contributed by atoms with Crippen molar-refractivity contribution in [2.45, 2.75) is 45.6 Å². The Morgan fingerprint density at radius 3 is 2.50 bits per heavy atom. The quantitative estimate of drug-likeness (QED) is 0.702. The average molecular weight is 200 g/mol. The van der Waals surface area contributed by atoms with Crippen LogP contribution in [-0.2, 0) is 4.79 Å². The fourth-order valence-electron chi connectivity index (χ4n) is 2.65. The summed E-state index contributed by atoms with van der Waals surface area (Å²) in [5.41, 5.74) is -1.33. The number of rotatable bonds is 2. The molecule has 0 aromatic rings. The van der Waals surface area contributed by atoms with Crippen molar-refractivity contribution in [3.05, 3.63) is 0 Å². The van der Waals surface area contributed by atoms with Crippen molar-refractivity contribution in [3.8, 4) is 0 Å². The second-order valence-electron chi connectivity index (χ2n) is 5.10. The summed E-state index contributed by atoms with van der Waals surface area (Å²) in [4.78, 5) is 11.4. The molecule has 1 aliphatic carbocycles. The minimum atomic E-state index is -0.907. The van der Waals surface area contributed by atoms with Crippen molar-refractivity contribution in [2.24, 2.45) is 11.3 Å². The zero-order chi connectivity index (χ0) is 11.0. The molecule has 1 saturated carbocycles. The first kappa shape index (κ1) is 11.7. The van der Waals surface area contributed by atoms with E-state index in [1.54, 1.807) is 0 Å². The maximum Gasteiger partial charge on any atom is 0.133 e. The Labute approximate surface area is 85.1 Å². The van der Waals surface area contributed by atoms with Gasteiger partial charge in [-0.2, -0.15) is 0 Å². The van der Waals surface area contributed by atoms with Crippen LogP contribution in [0.4, 0.5) is 0 Å². The standard InChI is InChI=1S/C11H20O3/c1-8-6-9(13)7-10(2,3)11(8,14)4-5-12/h8,12,14H,4-7H2,1-3H3/t8?,11-/m0/s1. The van der Waals surface area contributed by atoms with E-state index in [1.807, 2.05) is 20.8 Å². The van der Waals surface area contributed by atoms with E-state index in [-0.39, 0.29) is 18.3 Å². The highest BCUT2D eigenvalue weighted by atomic mass is 16.3. The lowest BCUT2D eigenvalue weighted by Gasteiger charge is -2.49. The number of carbonyl (C=O) groups is 1. The van der Waals surface area contributed by atoms with Crippen LogP contribution >= 0.6 is 0 Å². The van der Waals surface area contributed by atoms with Crippen LogP contribution in [0.25, 0.3) is 0 Å². The summed E-state index contributed by atoms with van der Waals surface area (Å²) in [6.07, 6.45) is 1.20. The molecule has 3 nitrogen and oxygen atoms in total. The van der Waals surface area contributed by atoms with E-state index in [1.165, 1.54) is 0 Å². The van der Waals surface area contributed by atoms with Gasteiger partial charge in [0.25, 0.3) is 0 Å². The Hall–Kier alpha value is -0.410. The van der Waals surface area contributed by atoms with Gasteiger partial charge in [-0.1, -0.05) is 20.8 Å². The minimum Gasteiger partial charge on any atom is -0.396 e. The number of aliphatic hydroxyl groups is 2. The second-order valence-corrected chi connectivity index (χ2v) is 5.10. The lowest BCUT2D eigenvalue weighted by Crippen LogP contribution is -2.55. The van der Waals surface area contributed by atoms with Crippen LogP contribution in [0.3, 0.4) is 0 Å². The van der Waals surface area contributed by atoms with E-state index in [9.17, 15) is 9.90 Å². The maximum atomic E-state index is 11.4. The molecule has 1 fully saturated rings. The molecule has 0 amide bonds. The third-order valence-electron chi connectivity index (χ3n) is 3.65. The second kappa shape index (κ2) is 3.63. The predicted molar refractivity (Wildman–Crippen MR) is 53.8 cm³/mol. The van der Waals surface area contributed by atoms with Crippen molar-refractivity contribution >= 4 is 5.78 Å². The molecular weight excluding hydrogens is 180 g/mol. The fourth-order valence-corrected chi connectivity index (χ4v) is 2.65. The summed E-state index contributed by atoms with van der Waals surface area (Å²) in [5.74, 6) is 0.149. The van der Waals surface area contributed by atoms with Crippen LogP contribution in [-0.4, -0.2) is 28.2 Å². The number of hydrogen-bond donors (Lipinski definition) is 2.